The van der Waals surface area contributed by atoms with Crippen LogP contribution in [0.4, 0.5) is 0 Å². The Morgan fingerprint density at radius 2 is 1.41 bits per heavy atom. The number of carbonyl (C=O) groups excluding carboxylic acids is 3. The summed E-state index contributed by atoms with van der Waals surface area (Å²) in [5, 5.41) is 2.60. The van der Waals surface area contributed by atoms with E-state index in [9.17, 15) is 14.4 Å². The number of hydrogen-bond acceptors (Lipinski definition) is 5. The minimum absolute atomic E-state index is 0.104. The average Bonchev–Trinajstić information content (AvgIpc) is 2.64. The Kier molecular flexibility index (Phi) is 8.98. The molecular formula is C21H31NO5. The fraction of sp³-hybridized carbons (Fsp3) is 0.571. The van der Waals surface area contributed by atoms with Gasteiger partial charge < -0.3 is 14.8 Å². The molecule has 6 nitrogen and oxygen atoms in total. The zero-order chi connectivity index (χ0) is 20.4. The molecule has 0 atom stereocenters. The predicted octanol–water partition coefficient (Wildman–Crippen LogP) is 2.82. The highest BCUT2D eigenvalue weighted by molar-refractivity contribution is 6.08. The number of amides is 1. The second-order valence-electron chi connectivity index (χ2n) is 6.62. The van der Waals surface area contributed by atoms with Gasteiger partial charge >= 0.3 is 11.9 Å². The van der Waals surface area contributed by atoms with Gasteiger partial charge in [-0.3, -0.25) is 4.79 Å². The van der Waals surface area contributed by atoms with Crippen molar-refractivity contribution in [3.05, 3.63) is 35.4 Å². The molecule has 0 aliphatic heterocycles. The van der Waals surface area contributed by atoms with Crippen molar-refractivity contribution >= 4 is 17.8 Å². The molecular weight excluding hydrogens is 346 g/mol. The molecule has 0 spiro atoms. The van der Waals surface area contributed by atoms with Crippen LogP contribution in [-0.2, 0) is 36.7 Å². The van der Waals surface area contributed by atoms with Crippen molar-refractivity contribution in [3.63, 3.8) is 0 Å². The summed E-state index contributed by atoms with van der Waals surface area (Å²) in [6.07, 6.45) is 1.62. The maximum absolute atomic E-state index is 12.6. The van der Waals surface area contributed by atoms with Crippen LogP contribution >= 0.6 is 0 Å². The Hall–Kier alpha value is -2.37. The van der Waals surface area contributed by atoms with E-state index < -0.39 is 29.3 Å². The summed E-state index contributed by atoms with van der Waals surface area (Å²) >= 11 is 0. The Morgan fingerprint density at radius 3 is 1.81 bits per heavy atom. The standard InChI is InChI=1S/C21H31NO5/c1-6-16-9-11-17(12-10-16)13-14-18(23)22-21(15(4)5,19(24)26-7-2)20(25)27-8-3/h9-12,15H,6-8,13-14H2,1-5H3,(H,22,23). The van der Waals surface area contributed by atoms with Gasteiger partial charge in [-0.15, -0.1) is 0 Å². The van der Waals surface area contributed by atoms with Crippen LogP contribution in [0.15, 0.2) is 24.3 Å². The molecule has 0 aromatic heterocycles. The first kappa shape index (κ1) is 22.7. The lowest BCUT2D eigenvalue weighted by atomic mass is 9.85. The second kappa shape index (κ2) is 10.7. The largest absolute Gasteiger partial charge is 0.464 e. The minimum Gasteiger partial charge on any atom is -0.464 e. The molecule has 1 aromatic carbocycles. The van der Waals surface area contributed by atoms with Crippen LogP contribution < -0.4 is 5.32 Å². The third-order valence-electron chi connectivity index (χ3n) is 4.47. The van der Waals surface area contributed by atoms with E-state index in [-0.39, 0.29) is 19.6 Å². The molecule has 1 aromatic rings. The Bertz CT molecular complexity index is 618. The van der Waals surface area contributed by atoms with Crippen molar-refractivity contribution in [1.82, 2.24) is 5.32 Å². The molecule has 0 heterocycles. The van der Waals surface area contributed by atoms with Crippen molar-refractivity contribution < 1.29 is 23.9 Å². The van der Waals surface area contributed by atoms with Crippen molar-refractivity contribution in [2.45, 2.75) is 59.4 Å². The van der Waals surface area contributed by atoms with Gasteiger partial charge in [0, 0.05) is 6.42 Å². The molecule has 1 N–H and O–H groups in total. The van der Waals surface area contributed by atoms with Crippen LogP contribution in [0.2, 0.25) is 0 Å². The molecule has 1 rings (SSSR count). The number of ether oxygens (including phenoxy) is 2. The van der Waals surface area contributed by atoms with Crippen molar-refractivity contribution in [3.8, 4) is 0 Å². The van der Waals surface area contributed by atoms with Gasteiger partial charge in [0.05, 0.1) is 13.2 Å². The molecule has 0 fully saturated rings. The summed E-state index contributed by atoms with van der Waals surface area (Å²) in [4.78, 5) is 37.7. The quantitative estimate of drug-likeness (QED) is 0.501. The van der Waals surface area contributed by atoms with E-state index in [1.54, 1.807) is 27.7 Å². The normalized spacial score (nSPS) is 11.2. The monoisotopic (exact) mass is 377 g/mol. The number of hydrogen-bond donors (Lipinski definition) is 1. The van der Waals surface area contributed by atoms with Crippen LogP contribution in [0.25, 0.3) is 0 Å². The van der Waals surface area contributed by atoms with E-state index in [1.165, 1.54) is 5.56 Å². The van der Waals surface area contributed by atoms with Gasteiger partial charge in [-0.1, -0.05) is 45.0 Å². The van der Waals surface area contributed by atoms with Crippen LogP contribution in [0, 0.1) is 5.92 Å². The van der Waals surface area contributed by atoms with E-state index in [4.69, 9.17) is 9.47 Å². The third-order valence-corrected chi connectivity index (χ3v) is 4.47. The molecule has 6 heteroatoms. The Balaban J connectivity index is 2.93. The van der Waals surface area contributed by atoms with Crippen LogP contribution in [0.1, 0.15) is 52.2 Å². The van der Waals surface area contributed by atoms with Gasteiger partial charge in [-0.2, -0.15) is 0 Å². The van der Waals surface area contributed by atoms with Gasteiger partial charge in [0.2, 0.25) is 11.4 Å². The van der Waals surface area contributed by atoms with Gasteiger partial charge in [0.15, 0.2) is 0 Å². The zero-order valence-corrected chi connectivity index (χ0v) is 17.0. The topological polar surface area (TPSA) is 81.7 Å². The van der Waals surface area contributed by atoms with Gasteiger partial charge in [0.1, 0.15) is 0 Å². The maximum atomic E-state index is 12.6. The fourth-order valence-corrected chi connectivity index (χ4v) is 2.77. The smallest absolute Gasteiger partial charge is 0.343 e. The number of carbonyl (C=O) groups is 3. The number of aryl methyl sites for hydroxylation is 2. The number of benzene rings is 1. The van der Waals surface area contributed by atoms with Gasteiger partial charge in [-0.05, 0) is 43.7 Å². The third kappa shape index (κ3) is 5.81. The van der Waals surface area contributed by atoms with E-state index in [0.717, 1.165) is 12.0 Å². The predicted molar refractivity (Wildman–Crippen MR) is 103 cm³/mol. The first-order valence-corrected chi connectivity index (χ1v) is 9.54. The van der Waals surface area contributed by atoms with Gasteiger partial charge in [-0.25, -0.2) is 9.59 Å². The summed E-state index contributed by atoms with van der Waals surface area (Å²) in [6.45, 7) is 8.94. The van der Waals surface area contributed by atoms with Crippen LogP contribution in [-0.4, -0.2) is 36.6 Å². The summed E-state index contributed by atoms with van der Waals surface area (Å²) in [7, 11) is 0. The molecule has 1 amide bonds. The van der Waals surface area contributed by atoms with Crippen molar-refractivity contribution in [2.75, 3.05) is 13.2 Å². The van der Waals surface area contributed by atoms with Crippen LogP contribution in [0.3, 0.4) is 0 Å². The van der Waals surface area contributed by atoms with E-state index in [2.05, 4.69) is 12.2 Å². The highest BCUT2D eigenvalue weighted by atomic mass is 16.6. The highest BCUT2D eigenvalue weighted by Crippen LogP contribution is 2.22. The average molecular weight is 377 g/mol. The molecule has 150 valence electrons. The summed E-state index contributed by atoms with van der Waals surface area (Å²) in [6, 6.07) is 8.03. The number of nitrogens with one attached hydrogen (secondary N) is 1. The van der Waals surface area contributed by atoms with E-state index in [0.29, 0.717) is 6.42 Å². The lowest BCUT2D eigenvalue weighted by molar-refractivity contribution is -0.171. The van der Waals surface area contributed by atoms with E-state index in [1.807, 2.05) is 24.3 Å². The number of rotatable bonds is 10. The molecule has 0 unspecified atom stereocenters. The molecule has 27 heavy (non-hydrogen) atoms. The van der Waals surface area contributed by atoms with Crippen molar-refractivity contribution in [2.24, 2.45) is 5.92 Å². The lowest BCUT2D eigenvalue weighted by Gasteiger charge is -2.33. The molecule has 0 saturated carbocycles. The Morgan fingerprint density at radius 1 is 0.926 bits per heavy atom. The SMILES string of the molecule is CCOC(=O)C(NC(=O)CCc1ccc(CC)cc1)(C(=O)OCC)C(C)C. The second-order valence-corrected chi connectivity index (χ2v) is 6.62. The molecule has 0 aliphatic carbocycles. The summed E-state index contributed by atoms with van der Waals surface area (Å²) in [5.74, 6) is -2.51. The summed E-state index contributed by atoms with van der Waals surface area (Å²) < 4.78 is 10.1. The lowest BCUT2D eigenvalue weighted by Crippen LogP contribution is -2.64. The minimum atomic E-state index is -1.84. The zero-order valence-electron chi connectivity index (χ0n) is 17.0. The van der Waals surface area contributed by atoms with E-state index >= 15 is 0 Å². The molecule has 0 saturated heterocycles. The maximum Gasteiger partial charge on any atom is 0.343 e. The Labute approximate surface area is 161 Å². The molecule has 0 radical (unpaired) electrons. The molecule has 0 bridgehead atoms. The highest BCUT2D eigenvalue weighted by Gasteiger charge is 2.53. The van der Waals surface area contributed by atoms with Gasteiger partial charge in [0.25, 0.3) is 0 Å². The molecule has 0 aliphatic rings. The van der Waals surface area contributed by atoms with Crippen LogP contribution in [0.5, 0.6) is 0 Å². The van der Waals surface area contributed by atoms with Crippen molar-refractivity contribution in [1.29, 1.82) is 0 Å². The number of esters is 2. The first-order chi connectivity index (χ1) is 12.8. The fourth-order valence-electron chi connectivity index (χ4n) is 2.77. The summed E-state index contributed by atoms with van der Waals surface area (Å²) in [5.41, 5.74) is 0.409. The first-order valence-electron chi connectivity index (χ1n) is 9.54.